The van der Waals surface area contributed by atoms with E-state index in [1.807, 2.05) is 12.1 Å². The summed E-state index contributed by atoms with van der Waals surface area (Å²) in [6.45, 7) is 2.32. The summed E-state index contributed by atoms with van der Waals surface area (Å²) in [7, 11) is 2.14. The van der Waals surface area contributed by atoms with Gasteiger partial charge in [-0.1, -0.05) is 25.3 Å². The second-order valence-corrected chi connectivity index (χ2v) is 13.2. The number of aromatic carboxylic acids is 1. The molecule has 40 heavy (non-hydrogen) atoms. The number of carboxylic acids is 1. The number of likely N-dealkylation sites (N-methyl/N-ethyl adjacent to an activating group) is 1. The van der Waals surface area contributed by atoms with Crippen LogP contribution in [-0.4, -0.2) is 63.6 Å². The molecule has 4 fully saturated rings. The predicted octanol–water partition coefficient (Wildman–Crippen LogP) is 5.99. The zero-order valence-corrected chi connectivity index (χ0v) is 23.0. The number of carboxylic acid groups (broad SMARTS) is 1. The summed E-state index contributed by atoms with van der Waals surface area (Å²) in [5, 5.41) is 11.0. The average Bonchev–Trinajstić information content (AvgIpc) is 3.53. The predicted molar refractivity (Wildman–Crippen MR) is 151 cm³/mol. The molecule has 4 atom stereocenters. The Morgan fingerprint density at radius 3 is 2.45 bits per heavy atom. The molecule has 2 saturated carbocycles. The van der Waals surface area contributed by atoms with Gasteiger partial charge in [-0.25, -0.2) is 9.18 Å². The van der Waals surface area contributed by atoms with Crippen LogP contribution < -0.4 is 0 Å². The minimum absolute atomic E-state index is 0.0263. The van der Waals surface area contributed by atoms with Crippen molar-refractivity contribution in [3.05, 3.63) is 58.9 Å². The van der Waals surface area contributed by atoms with Crippen LogP contribution in [0.2, 0.25) is 0 Å². The number of rotatable bonds is 3. The zero-order chi connectivity index (χ0) is 27.3. The number of benzene rings is 2. The van der Waals surface area contributed by atoms with Gasteiger partial charge in [-0.05, 0) is 86.5 Å². The van der Waals surface area contributed by atoms with Crippen LogP contribution in [-0.2, 0) is 11.3 Å². The number of piperazine rings is 1. The molecule has 2 bridgehead atoms. The van der Waals surface area contributed by atoms with Crippen molar-refractivity contribution in [3.63, 3.8) is 0 Å². The van der Waals surface area contributed by atoms with Crippen molar-refractivity contribution < 1.29 is 19.1 Å². The van der Waals surface area contributed by atoms with Gasteiger partial charge in [0.05, 0.1) is 16.7 Å². The molecular formula is C33H36FN3O3. The molecule has 3 aromatic rings. The lowest BCUT2D eigenvalue weighted by Crippen LogP contribution is -2.57. The molecule has 3 aliphatic heterocycles. The van der Waals surface area contributed by atoms with Gasteiger partial charge in [0.15, 0.2) is 0 Å². The number of likely N-dealkylation sites (tertiary alicyclic amines) is 1. The average molecular weight is 542 g/mol. The third-order valence-corrected chi connectivity index (χ3v) is 10.8. The van der Waals surface area contributed by atoms with Crippen LogP contribution in [0.15, 0.2) is 36.4 Å². The van der Waals surface area contributed by atoms with Gasteiger partial charge in [0, 0.05) is 54.1 Å². The topological polar surface area (TPSA) is 65.8 Å². The number of aromatic nitrogens is 1. The van der Waals surface area contributed by atoms with Crippen molar-refractivity contribution >= 4 is 22.8 Å². The lowest BCUT2D eigenvalue weighted by Gasteiger charge is -2.41. The summed E-state index contributed by atoms with van der Waals surface area (Å²) in [6, 6.07) is 11.1. The van der Waals surface area contributed by atoms with Gasteiger partial charge in [0.1, 0.15) is 5.82 Å². The third kappa shape index (κ3) is 3.42. The first-order chi connectivity index (χ1) is 19.4. The maximum atomic E-state index is 14.9. The van der Waals surface area contributed by atoms with Crippen LogP contribution in [0.3, 0.4) is 0 Å². The molecule has 208 valence electrons. The number of carbonyl (C=O) groups excluding carboxylic acids is 1. The highest BCUT2D eigenvalue weighted by atomic mass is 19.1. The van der Waals surface area contributed by atoms with E-state index in [1.165, 1.54) is 24.8 Å². The van der Waals surface area contributed by atoms with E-state index in [9.17, 15) is 19.1 Å². The molecule has 4 unspecified atom stereocenters. The van der Waals surface area contributed by atoms with E-state index in [0.717, 1.165) is 66.5 Å². The first-order valence-corrected chi connectivity index (χ1v) is 15.1. The summed E-state index contributed by atoms with van der Waals surface area (Å²) in [4.78, 5) is 31.3. The first kappa shape index (κ1) is 24.6. The normalized spacial score (nSPS) is 29.6. The largest absolute Gasteiger partial charge is 0.478 e. The number of hydrogen-bond donors (Lipinski definition) is 1. The number of amides is 1. The van der Waals surface area contributed by atoms with Crippen LogP contribution in [0.1, 0.15) is 84.7 Å². The number of fused-ring (bicyclic) bond motifs is 9. The Balaban J connectivity index is 1.35. The second kappa shape index (κ2) is 8.65. The van der Waals surface area contributed by atoms with Crippen molar-refractivity contribution in [1.82, 2.24) is 14.4 Å². The molecule has 4 heterocycles. The fraction of sp³-hybridized carbons (Fsp3) is 0.515. The highest BCUT2D eigenvalue weighted by molar-refractivity contribution is 6.00. The van der Waals surface area contributed by atoms with Gasteiger partial charge >= 0.3 is 5.97 Å². The summed E-state index contributed by atoms with van der Waals surface area (Å²) >= 11 is 0. The van der Waals surface area contributed by atoms with E-state index < -0.39 is 11.4 Å². The van der Waals surface area contributed by atoms with Gasteiger partial charge in [-0.3, -0.25) is 4.79 Å². The Morgan fingerprint density at radius 1 is 0.975 bits per heavy atom. The van der Waals surface area contributed by atoms with Gasteiger partial charge < -0.3 is 19.5 Å². The van der Waals surface area contributed by atoms with Crippen LogP contribution in [0.25, 0.3) is 22.2 Å². The van der Waals surface area contributed by atoms with E-state index in [1.54, 1.807) is 24.3 Å². The lowest BCUT2D eigenvalue weighted by atomic mass is 9.81. The Kier molecular flexibility index (Phi) is 5.32. The number of halogens is 1. The molecule has 2 saturated heterocycles. The molecular weight excluding hydrogens is 505 g/mol. The monoisotopic (exact) mass is 541 g/mol. The van der Waals surface area contributed by atoms with E-state index in [4.69, 9.17) is 0 Å². The van der Waals surface area contributed by atoms with Crippen LogP contribution in [0.4, 0.5) is 4.39 Å². The maximum absolute atomic E-state index is 14.9. The van der Waals surface area contributed by atoms with Crippen LogP contribution in [0.5, 0.6) is 0 Å². The van der Waals surface area contributed by atoms with E-state index >= 15 is 0 Å². The fourth-order valence-corrected chi connectivity index (χ4v) is 8.98. The number of carbonyl (C=O) groups is 2. The number of nitrogens with zero attached hydrogens (tertiary/aromatic N) is 3. The van der Waals surface area contributed by atoms with E-state index in [0.29, 0.717) is 18.9 Å². The van der Waals surface area contributed by atoms with Crippen molar-refractivity contribution in [2.75, 3.05) is 20.1 Å². The Morgan fingerprint density at radius 2 is 1.73 bits per heavy atom. The molecule has 8 rings (SSSR count). The molecule has 2 aromatic carbocycles. The fourth-order valence-electron chi connectivity index (χ4n) is 8.98. The molecule has 5 aliphatic rings. The molecule has 1 amide bonds. The molecule has 7 heteroatoms. The molecule has 0 spiro atoms. The second-order valence-electron chi connectivity index (χ2n) is 13.2. The van der Waals surface area contributed by atoms with E-state index in [2.05, 4.69) is 21.4 Å². The first-order valence-electron chi connectivity index (χ1n) is 15.1. The standard InChI is InChI=1S/C33H36FN3O3/c1-35-16-22-9-10-23(17-35)37(22)32(40)33-15-27(33)26-14-21(34)8-12-24(26)30-29(19-5-3-2-4-6-19)25-11-7-20(31(38)39)13-28(25)36(30)18-33/h7-8,11-14,19,22-23,27H,2-6,9-10,15-18H2,1H3,(H,38,39). The summed E-state index contributed by atoms with van der Waals surface area (Å²) in [5.74, 6) is -0.644. The smallest absolute Gasteiger partial charge is 0.335 e. The SMILES string of the molecule is CN1CC2CCC(C1)N2C(=O)C12CC1c1cc(F)ccc1-c1c(C3CCCCC3)c3ccc(C(=O)O)cc3n1C2. The third-order valence-electron chi connectivity index (χ3n) is 10.8. The van der Waals surface area contributed by atoms with Crippen molar-refractivity contribution in [1.29, 1.82) is 0 Å². The summed E-state index contributed by atoms with van der Waals surface area (Å²) < 4.78 is 17.2. The van der Waals surface area contributed by atoms with E-state index in [-0.39, 0.29) is 35.3 Å². The van der Waals surface area contributed by atoms with Crippen LogP contribution >= 0.6 is 0 Å². The van der Waals surface area contributed by atoms with Crippen molar-refractivity contribution in [2.24, 2.45) is 5.41 Å². The summed E-state index contributed by atoms with van der Waals surface area (Å²) in [5.41, 5.74) is 4.85. The number of hydrogen-bond acceptors (Lipinski definition) is 3. The Labute approximate surface area is 233 Å². The zero-order valence-electron chi connectivity index (χ0n) is 23.0. The molecule has 1 aromatic heterocycles. The molecule has 2 aliphatic carbocycles. The Hall–Kier alpha value is -3.19. The minimum atomic E-state index is -0.947. The van der Waals surface area contributed by atoms with Gasteiger partial charge in [-0.15, -0.1) is 0 Å². The molecule has 0 radical (unpaired) electrons. The highest BCUT2D eigenvalue weighted by Crippen LogP contribution is 2.66. The van der Waals surface area contributed by atoms with Gasteiger partial charge in [0.25, 0.3) is 0 Å². The highest BCUT2D eigenvalue weighted by Gasteiger charge is 2.65. The van der Waals surface area contributed by atoms with Crippen molar-refractivity contribution in [2.45, 2.75) is 81.8 Å². The molecule has 1 N–H and O–H groups in total. The van der Waals surface area contributed by atoms with Crippen molar-refractivity contribution in [3.8, 4) is 11.3 Å². The van der Waals surface area contributed by atoms with Crippen LogP contribution in [0, 0.1) is 11.2 Å². The minimum Gasteiger partial charge on any atom is -0.478 e. The van der Waals surface area contributed by atoms with Gasteiger partial charge in [0.2, 0.25) is 5.91 Å². The Bertz CT molecular complexity index is 1560. The summed E-state index contributed by atoms with van der Waals surface area (Å²) in [6.07, 6.45) is 8.58. The van der Waals surface area contributed by atoms with Gasteiger partial charge in [-0.2, -0.15) is 0 Å². The lowest BCUT2D eigenvalue weighted by molar-refractivity contribution is -0.143. The maximum Gasteiger partial charge on any atom is 0.335 e. The molecule has 6 nitrogen and oxygen atoms in total. The quantitative estimate of drug-likeness (QED) is 0.443.